The number of carbonyl (C=O) groups excluding carboxylic acids is 2. The maximum atomic E-state index is 12.5. The highest BCUT2D eigenvalue weighted by molar-refractivity contribution is 5.95. The normalized spacial score (nSPS) is 14.3. The van der Waals surface area contributed by atoms with E-state index in [2.05, 4.69) is 10.2 Å². The van der Waals surface area contributed by atoms with Gasteiger partial charge in [0.15, 0.2) is 0 Å². The van der Waals surface area contributed by atoms with Gasteiger partial charge in [-0.25, -0.2) is 0 Å². The lowest BCUT2D eigenvalue weighted by Crippen LogP contribution is -2.50. The first-order valence-corrected chi connectivity index (χ1v) is 9.17. The molecule has 2 aromatic rings. The minimum absolute atomic E-state index is 0. The lowest BCUT2D eigenvalue weighted by atomic mass is 10.1. The highest BCUT2D eigenvalue weighted by Gasteiger charge is 2.23. The molecule has 3 N–H and O–H groups in total. The summed E-state index contributed by atoms with van der Waals surface area (Å²) in [5.41, 5.74) is 10.1. The van der Waals surface area contributed by atoms with Crippen LogP contribution in [-0.2, 0) is 4.79 Å². The van der Waals surface area contributed by atoms with Crippen LogP contribution in [0.25, 0.3) is 0 Å². The van der Waals surface area contributed by atoms with E-state index >= 15 is 0 Å². The molecular weight excluding hydrogens is 376 g/mol. The lowest BCUT2D eigenvalue weighted by molar-refractivity contribution is -0.117. The quantitative estimate of drug-likeness (QED) is 0.771. The first-order chi connectivity index (χ1) is 12.9. The summed E-state index contributed by atoms with van der Waals surface area (Å²) in [6.07, 6.45) is 0. The van der Waals surface area contributed by atoms with Crippen LogP contribution in [0.4, 0.5) is 11.4 Å². The predicted molar refractivity (Wildman–Crippen MR) is 115 cm³/mol. The van der Waals surface area contributed by atoms with E-state index in [1.807, 2.05) is 36.9 Å². The maximum Gasteiger partial charge on any atom is 0.253 e. The Hall–Kier alpha value is -2.57. The van der Waals surface area contributed by atoms with Gasteiger partial charge in [-0.2, -0.15) is 0 Å². The fourth-order valence-electron chi connectivity index (χ4n) is 3.20. The molecule has 3 rings (SSSR count). The van der Waals surface area contributed by atoms with Crippen LogP contribution in [0.5, 0.6) is 0 Å². The van der Waals surface area contributed by atoms with Gasteiger partial charge in [0.1, 0.15) is 0 Å². The van der Waals surface area contributed by atoms with E-state index in [1.165, 1.54) is 0 Å². The van der Waals surface area contributed by atoms with Gasteiger partial charge in [0.05, 0.1) is 6.54 Å². The number of nitrogens with one attached hydrogen (secondary N) is 1. The monoisotopic (exact) mass is 402 g/mol. The standard InChI is InChI=1S/C21H26N4O2.ClH/c1-15-4-3-5-19(16(15)2)23-20(26)14-24-10-12-25(13-11-24)21(27)17-6-8-18(22)9-7-17;/h3-9H,10-14,22H2,1-2H3,(H,23,26);1H. The van der Waals surface area contributed by atoms with Crippen molar-refractivity contribution in [2.75, 3.05) is 43.8 Å². The fraction of sp³-hybridized carbons (Fsp3) is 0.333. The molecule has 0 atom stereocenters. The molecule has 0 bridgehead atoms. The molecule has 1 aliphatic heterocycles. The molecule has 1 fully saturated rings. The number of carbonyl (C=O) groups is 2. The van der Waals surface area contributed by atoms with E-state index in [1.54, 1.807) is 24.3 Å². The van der Waals surface area contributed by atoms with Crippen LogP contribution in [0.2, 0.25) is 0 Å². The zero-order valence-electron chi connectivity index (χ0n) is 16.3. The van der Waals surface area contributed by atoms with E-state index in [0.29, 0.717) is 44.0 Å². The maximum absolute atomic E-state index is 12.5. The Morgan fingerprint density at radius 1 is 1.00 bits per heavy atom. The summed E-state index contributed by atoms with van der Waals surface area (Å²) >= 11 is 0. The molecule has 28 heavy (non-hydrogen) atoms. The molecule has 0 spiro atoms. The van der Waals surface area contributed by atoms with E-state index in [4.69, 9.17) is 5.73 Å². The van der Waals surface area contributed by atoms with Crippen molar-refractivity contribution in [2.45, 2.75) is 13.8 Å². The third kappa shape index (κ3) is 5.24. The van der Waals surface area contributed by atoms with Gasteiger partial charge in [-0.15, -0.1) is 12.4 Å². The smallest absolute Gasteiger partial charge is 0.253 e. The van der Waals surface area contributed by atoms with Gasteiger partial charge in [-0.05, 0) is 55.3 Å². The number of nitrogens with zero attached hydrogens (tertiary/aromatic N) is 2. The second-order valence-electron chi connectivity index (χ2n) is 6.99. The average molecular weight is 403 g/mol. The number of hydrogen-bond donors (Lipinski definition) is 2. The van der Waals surface area contributed by atoms with Gasteiger partial charge >= 0.3 is 0 Å². The molecule has 2 amide bonds. The third-order valence-electron chi connectivity index (χ3n) is 5.06. The molecule has 6 nitrogen and oxygen atoms in total. The van der Waals surface area contributed by atoms with E-state index in [9.17, 15) is 9.59 Å². The van der Waals surface area contributed by atoms with Crippen LogP contribution in [-0.4, -0.2) is 54.3 Å². The van der Waals surface area contributed by atoms with Gasteiger partial charge in [-0.3, -0.25) is 14.5 Å². The summed E-state index contributed by atoms with van der Waals surface area (Å²) in [6.45, 7) is 6.95. The zero-order chi connectivity index (χ0) is 19.4. The van der Waals surface area contributed by atoms with Crippen molar-refractivity contribution in [2.24, 2.45) is 0 Å². The Bertz CT molecular complexity index is 831. The predicted octanol–water partition coefficient (Wildman–Crippen LogP) is 2.70. The second-order valence-corrected chi connectivity index (χ2v) is 6.99. The first kappa shape index (κ1) is 21.7. The highest BCUT2D eigenvalue weighted by atomic mass is 35.5. The molecule has 150 valence electrons. The molecular formula is C21H27ClN4O2. The van der Waals surface area contributed by atoms with E-state index < -0.39 is 0 Å². The summed E-state index contributed by atoms with van der Waals surface area (Å²) in [7, 11) is 0. The van der Waals surface area contributed by atoms with Crippen LogP contribution >= 0.6 is 12.4 Å². The number of piperazine rings is 1. The number of nitrogen functional groups attached to an aromatic ring is 1. The Morgan fingerprint density at radius 3 is 2.29 bits per heavy atom. The number of benzene rings is 2. The lowest BCUT2D eigenvalue weighted by Gasteiger charge is -2.34. The third-order valence-corrected chi connectivity index (χ3v) is 5.06. The molecule has 1 saturated heterocycles. The number of aryl methyl sites for hydroxylation is 1. The Morgan fingerprint density at radius 2 is 1.64 bits per heavy atom. The molecule has 0 aromatic heterocycles. The molecule has 0 saturated carbocycles. The topological polar surface area (TPSA) is 78.7 Å². The molecule has 1 aliphatic rings. The van der Waals surface area contributed by atoms with Crippen LogP contribution in [0, 0.1) is 13.8 Å². The summed E-state index contributed by atoms with van der Waals surface area (Å²) in [4.78, 5) is 28.8. The number of nitrogens with two attached hydrogens (primary N) is 1. The first-order valence-electron chi connectivity index (χ1n) is 9.17. The molecule has 0 unspecified atom stereocenters. The molecule has 0 radical (unpaired) electrons. The van der Waals surface area contributed by atoms with Crippen molar-refractivity contribution in [3.05, 3.63) is 59.2 Å². The highest BCUT2D eigenvalue weighted by Crippen LogP contribution is 2.18. The Kier molecular flexibility index (Phi) is 7.43. The van der Waals surface area contributed by atoms with Crippen molar-refractivity contribution in [1.82, 2.24) is 9.80 Å². The number of anilines is 2. The van der Waals surface area contributed by atoms with Crippen molar-refractivity contribution in [3.63, 3.8) is 0 Å². The summed E-state index contributed by atoms with van der Waals surface area (Å²) in [6, 6.07) is 12.9. The van der Waals surface area contributed by atoms with Crippen molar-refractivity contribution < 1.29 is 9.59 Å². The van der Waals surface area contributed by atoms with Gasteiger partial charge in [0, 0.05) is 43.1 Å². The van der Waals surface area contributed by atoms with Gasteiger partial charge in [0.25, 0.3) is 5.91 Å². The molecule has 7 heteroatoms. The van der Waals surface area contributed by atoms with E-state index in [0.717, 1.165) is 16.8 Å². The minimum atomic E-state index is -0.0259. The van der Waals surface area contributed by atoms with Crippen LogP contribution in [0.3, 0.4) is 0 Å². The van der Waals surface area contributed by atoms with Gasteiger partial charge < -0.3 is 16.0 Å². The summed E-state index contributed by atoms with van der Waals surface area (Å²) in [5.74, 6) is -0.0171. The van der Waals surface area contributed by atoms with Gasteiger partial charge in [-0.1, -0.05) is 12.1 Å². The SMILES string of the molecule is Cc1cccc(NC(=O)CN2CCN(C(=O)c3ccc(N)cc3)CC2)c1C.Cl. The zero-order valence-corrected chi connectivity index (χ0v) is 17.1. The molecule has 2 aromatic carbocycles. The largest absolute Gasteiger partial charge is 0.399 e. The van der Waals surface area contributed by atoms with E-state index in [-0.39, 0.29) is 24.2 Å². The van der Waals surface area contributed by atoms with Crippen LogP contribution in [0.15, 0.2) is 42.5 Å². The number of rotatable bonds is 4. The number of amides is 2. The van der Waals surface area contributed by atoms with Crippen molar-refractivity contribution in [3.8, 4) is 0 Å². The average Bonchev–Trinajstić information content (AvgIpc) is 2.66. The minimum Gasteiger partial charge on any atom is -0.399 e. The molecule has 0 aliphatic carbocycles. The van der Waals surface area contributed by atoms with Crippen molar-refractivity contribution in [1.29, 1.82) is 0 Å². The van der Waals surface area contributed by atoms with Crippen LogP contribution in [0.1, 0.15) is 21.5 Å². The summed E-state index contributed by atoms with van der Waals surface area (Å²) in [5, 5.41) is 2.99. The molecule has 1 heterocycles. The summed E-state index contributed by atoms with van der Waals surface area (Å²) < 4.78 is 0. The fourth-order valence-corrected chi connectivity index (χ4v) is 3.20. The number of halogens is 1. The van der Waals surface area contributed by atoms with Crippen LogP contribution < -0.4 is 11.1 Å². The van der Waals surface area contributed by atoms with Crippen molar-refractivity contribution >= 4 is 35.6 Å². The Labute approximate surface area is 172 Å². The second kappa shape index (κ2) is 9.57. The number of hydrogen-bond acceptors (Lipinski definition) is 4. The Balaban J connectivity index is 0.00000280. The van der Waals surface area contributed by atoms with Gasteiger partial charge in [0.2, 0.25) is 5.91 Å².